The van der Waals surface area contributed by atoms with Crippen LogP contribution < -0.4 is 0 Å². The molecule has 1 N–H and O–H groups in total. The zero-order valence-electron chi connectivity index (χ0n) is 16.0. The van der Waals surface area contributed by atoms with Gasteiger partial charge in [0.2, 0.25) is 0 Å². The molecule has 0 saturated carbocycles. The number of benzene rings is 2. The van der Waals surface area contributed by atoms with Crippen LogP contribution in [0, 0.1) is 0 Å². The molecule has 0 radical (unpaired) electrons. The molecule has 0 atom stereocenters. The third kappa shape index (κ3) is 5.92. The van der Waals surface area contributed by atoms with E-state index in [1.807, 2.05) is 54.4 Å². The first-order chi connectivity index (χ1) is 14.5. The fourth-order valence-corrected chi connectivity index (χ4v) is 3.86. The lowest BCUT2D eigenvalue weighted by atomic mass is 10.2. The van der Waals surface area contributed by atoms with E-state index < -0.39 is 0 Å². The van der Waals surface area contributed by atoms with Gasteiger partial charge < -0.3 is 14.4 Å². The molecule has 0 unspecified atom stereocenters. The highest BCUT2D eigenvalue weighted by Gasteiger charge is 2.14. The molecule has 0 amide bonds. The third-order valence-electron chi connectivity index (χ3n) is 3.95. The van der Waals surface area contributed by atoms with Gasteiger partial charge in [-0.3, -0.25) is 4.79 Å². The van der Waals surface area contributed by atoms with Crippen molar-refractivity contribution in [3.8, 4) is 5.75 Å². The van der Waals surface area contributed by atoms with Crippen molar-refractivity contribution in [2.45, 2.75) is 6.54 Å². The van der Waals surface area contributed by atoms with Gasteiger partial charge >= 0.3 is 0 Å². The minimum atomic E-state index is -0.194. The van der Waals surface area contributed by atoms with E-state index in [1.54, 1.807) is 12.3 Å². The Kier molecular flexibility index (Phi) is 7.63. The highest BCUT2D eigenvalue weighted by atomic mass is 35.5. The number of nitrogens with zero attached hydrogens (tertiary/aromatic N) is 2. The first kappa shape index (κ1) is 22.0. The molecular weight excluding hydrogens is 443 g/mol. The normalized spacial score (nSPS) is 12.1. The molecule has 0 fully saturated rings. The second-order valence-electron chi connectivity index (χ2n) is 6.27. The van der Waals surface area contributed by atoms with Gasteiger partial charge in [-0.25, -0.2) is 4.99 Å². The number of phenols is 1. The van der Waals surface area contributed by atoms with Gasteiger partial charge in [-0.05, 0) is 59.8 Å². The standard InChI is InChI=1S/C22H18Cl2N2O3S/c1-26(13-17-8-5-9-29-17)22(25-16-6-3-2-4-7-16)30-18(14-27)10-15-11-19(23)21(28)20(24)12-15/h2-12,14,28H,13H2,1H3/b18-10-,25-22?. The molecule has 0 aliphatic rings. The molecule has 2 aromatic carbocycles. The summed E-state index contributed by atoms with van der Waals surface area (Å²) < 4.78 is 5.43. The van der Waals surface area contributed by atoms with Gasteiger partial charge in [0.15, 0.2) is 17.2 Å². The number of allylic oxidation sites excluding steroid dienone is 1. The average Bonchev–Trinajstić information content (AvgIpc) is 3.24. The fourth-order valence-electron chi connectivity index (χ4n) is 2.53. The molecule has 3 aromatic rings. The smallest absolute Gasteiger partial charge is 0.169 e. The second-order valence-corrected chi connectivity index (χ2v) is 8.12. The van der Waals surface area contributed by atoms with Crippen LogP contribution in [0.1, 0.15) is 11.3 Å². The summed E-state index contributed by atoms with van der Waals surface area (Å²) >= 11 is 13.2. The number of amidine groups is 1. The van der Waals surface area contributed by atoms with E-state index in [0.29, 0.717) is 22.2 Å². The summed E-state index contributed by atoms with van der Waals surface area (Å²) in [5.41, 5.74) is 1.34. The lowest BCUT2D eigenvalue weighted by Gasteiger charge is -2.19. The Bertz CT molecular complexity index is 1040. The average molecular weight is 461 g/mol. The highest BCUT2D eigenvalue weighted by Crippen LogP contribution is 2.34. The van der Waals surface area contributed by atoms with Gasteiger partial charge in [-0.2, -0.15) is 0 Å². The number of aldehydes is 1. The zero-order valence-corrected chi connectivity index (χ0v) is 18.3. The molecular formula is C22H18Cl2N2O3S. The number of thioether (sulfide) groups is 1. The van der Waals surface area contributed by atoms with Crippen LogP contribution in [-0.4, -0.2) is 28.5 Å². The number of aliphatic imine (C=N–C) groups is 1. The number of hydrogen-bond acceptors (Lipinski definition) is 5. The maximum absolute atomic E-state index is 11.8. The molecule has 154 valence electrons. The number of aromatic hydroxyl groups is 1. The largest absolute Gasteiger partial charge is 0.505 e. The van der Waals surface area contributed by atoms with Gasteiger partial charge in [-0.1, -0.05) is 41.4 Å². The summed E-state index contributed by atoms with van der Waals surface area (Å²) in [7, 11) is 1.87. The summed E-state index contributed by atoms with van der Waals surface area (Å²) in [5, 5.41) is 10.6. The quantitative estimate of drug-likeness (QED) is 0.200. The van der Waals surface area contributed by atoms with Crippen molar-refractivity contribution >= 4 is 58.2 Å². The first-order valence-electron chi connectivity index (χ1n) is 8.86. The summed E-state index contributed by atoms with van der Waals surface area (Å²) in [4.78, 5) is 18.8. The van der Waals surface area contributed by atoms with Gasteiger partial charge in [0.25, 0.3) is 0 Å². The van der Waals surface area contributed by atoms with Crippen LogP contribution in [0.25, 0.3) is 6.08 Å². The van der Waals surface area contributed by atoms with Crippen LogP contribution in [0.5, 0.6) is 5.75 Å². The third-order valence-corrected chi connectivity index (χ3v) is 5.57. The Morgan fingerprint density at radius 1 is 1.17 bits per heavy atom. The number of para-hydroxylation sites is 1. The number of furan rings is 1. The van der Waals surface area contributed by atoms with Crippen molar-refractivity contribution in [1.29, 1.82) is 0 Å². The molecule has 8 heteroatoms. The molecule has 3 rings (SSSR count). The highest BCUT2D eigenvalue weighted by molar-refractivity contribution is 8.17. The molecule has 0 aliphatic carbocycles. The van der Waals surface area contributed by atoms with E-state index >= 15 is 0 Å². The summed E-state index contributed by atoms with van der Waals surface area (Å²) in [5.74, 6) is 0.577. The Hall–Kier alpha value is -2.67. The van der Waals surface area contributed by atoms with Crippen LogP contribution in [0.2, 0.25) is 10.0 Å². The summed E-state index contributed by atoms with van der Waals surface area (Å²) in [6, 6.07) is 16.2. The number of carbonyl (C=O) groups excluding carboxylic acids is 1. The van der Waals surface area contributed by atoms with Crippen LogP contribution in [-0.2, 0) is 11.3 Å². The maximum atomic E-state index is 11.8. The van der Waals surface area contributed by atoms with Crippen LogP contribution in [0.4, 0.5) is 5.69 Å². The van der Waals surface area contributed by atoms with Gasteiger partial charge in [-0.15, -0.1) is 0 Å². The minimum absolute atomic E-state index is 0.108. The van der Waals surface area contributed by atoms with E-state index in [0.717, 1.165) is 17.7 Å². The predicted molar refractivity (Wildman–Crippen MR) is 123 cm³/mol. The molecule has 5 nitrogen and oxygen atoms in total. The topological polar surface area (TPSA) is 66.0 Å². The van der Waals surface area contributed by atoms with Crippen LogP contribution in [0.3, 0.4) is 0 Å². The first-order valence-corrected chi connectivity index (χ1v) is 10.4. The monoisotopic (exact) mass is 460 g/mol. The van der Waals surface area contributed by atoms with Crippen molar-refractivity contribution < 1.29 is 14.3 Å². The van der Waals surface area contributed by atoms with E-state index in [1.165, 1.54) is 23.9 Å². The van der Waals surface area contributed by atoms with E-state index in [9.17, 15) is 9.90 Å². The van der Waals surface area contributed by atoms with Crippen molar-refractivity contribution in [3.63, 3.8) is 0 Å². The molecule has 1 aromatic heterocycles. The molecule has 0 spiro atoms. The lowest BCUT2D eigenvalue weighted by Crippen LogP contribution is -2.23. The summed E-state index contributed by atoms with van der Waals surface area (Å²) in [6.45, 7) is 0.481. The number of carbonyl (C=O) groups is 1. The van der Waals surface area contributed by atoms with Crippen LogP contribution in [0.15, 0.2) is 75.2 Å². The van der Waals surface area contributed by atoms with Crippen molar-refractivity contribution in [3.05, 3.63) is 87.1 Å². The molecule has 0 bridgehead atoms. The van der Waals surface area contributed by atoms with Crippen LogP contribution >= 0.6 is 35.0 Å². The number of hydrogen-bond donors (Lipinski definition) is 1. The van der Waals surface area contributed by atoms with E-state index in [4.69, 9.17) is 27.6 Å². The second kappa shape index (κ2) is 10.4. The molecule has 30 heavy (non-hydrogen) atoms. The van der Waals surface area contributed by atoms with E-state index in [2.05, 4.69) is 4.99 Å². The van der Waals surface area contributed by atoms with Crippen molar-refractivity contribution in [1.82, 2.24) is 4.90 Å². The SMILES string of the molecule is CN(Cc1ccco1)C(=Nc1ccccc1)S/C(C=O)=C\c1cc(Cl)c(O)c(Cl)c1. The number of halogens is 2. The van der Waals surface area contributed by atoms with Gasteiger partial charge in [0.05, 0.1) is 33.4 Å². The predicted octanol–water partition coefficient (Wildman–Crippen LogP) is 6.38. The Morgan fingerprint density at radius 3 is 2.47 bits per heavy atom. The Balaban J connectivity index is 1.92. The number of phenolic OH excluding ortho intramolecular Hbond substituents is 1. The van der Waals surface area contributed by atoms with Crippen molar-refractivity contribution in [2.24, 2.45) is 4.99 Å². The maximum Gasteiger partial charge on any atom is 0.169 e. The fraction of sp³-hybridized carbons (Fsp3) is 0.0909. The molecule has 0 saturated heterocycles. The lowest BCUT2D eigenvalue weighted by molar-refractivity contribution is -0.104. The Morgan fingerprint density at radius 2 is 1.87 bits per heavy atom. The van der Waals surface area contributed by atoms with E-state index in [-0.39, 0.29) is 15.8 Å². The zero-order chi connectivity index (χ0) is 21.5. The molecule has 0 aliphatic heterocycles. The van der Waals surface area contributed by atoms with Gasteiger partial charge in [0.1, 0.15) is 5.76 Å². The number of rotatable bonds is 6. The summed E-state index contributed by atoms with van der Waals surface area (Å²) in [6.07, 6.45) is 3.98. The van der Waals surface area contributed by atoms with Gasteiger partial charge in [0, 0.05) is 7.05 Å². The van der Waals surface area contributed by atoms with Crippen molar-refractivity contribution in [2.75, 3.05) is 7.05 Å². The minimum Gasteiger partial charge on any atom is -0.505 e. The Labute approximate surface area is 188 Å². The molecule has 1 heterocycles.